The zero-order chi connectivity index (χ0) is 14.0. The van der Waals surface area contributed by atoms with Gasteiger partial charge in [-0.15, -0.1) is 0 Å². The van der Waals surface area contributed by atoms with E-state index in [2.05, 4.69) is 23.0 Å². The Hall–Kier alpha value is -1.39. The molecule has 106 valence electrons. The third kappa shape index (κ3) is 2.72. The number of allylic oxidation sites excluding steroid dienone is 3. The maximum atomic E-state index is 12.4. The van der Waals surface area contributed by atoms with Crippen LogP contribution >= 0.6 is 0 Å². The zero-order valence-electron chi connectivity index (χ0n) is 11.3. The summed E-state index contributed by atoms with van der Waals surface area (Å²) in [6, 6.07) is 8.60. The monoisotopic (exact) mass is 289 g/mol. The molecule has 2 aliphatic rings. The number of rotatable bonds is 3. The van der Waals surface area contributed by atoms with E-state index in [1.54, 1.807) is 24.3 Å². The first kappa shape index (κ1) is 13.6. The van der Waals surface area contributed by atoms with Gasteiger partial charge in [0.1, 0.15) is 0 Å². The average molecular weight is 289 g/mol. The number of hydrogen-bond donors (Lipinski definition) is 1. The van der Waals surface area contributed by atoms with E-state index in [0.29, 0.717) is 10.8 Å². The number of sulfonamides is 1. The van der Waals surface area contributed by atoms with Gasteiger partial charge < -0.3 is 0 Å². The number of benzene rings is 1. The molecule has 3 atom stereocenters. The summed E-state index contributed by atoms with van der Waals surface area (Å²) in [7, 11) is -3.42. The third-order valence-electron chi connectivity index (χ3n) is 4.17. The Bertz CT molecular complexity index is 619. The fourth-order valence-electron chi connectivity index (χ4n) is 3.16. The molecule has 0 heterocycles. The largest absolute Gasteiger partial charge is 0.240 e. The molecule has 1 N–H and O–H groups in total. The lowest BCUT2D eigenvalue weighted by molar-refractivity contribution is 0.275. The van der Waals surface area contributed by atoms with Crippen molar-refractivity contribution in [2.45, 2.75) is 30.2 Å². The van der Waals surface area contributed by atoms with E-state index >= 15 is 0 Å². The van der Waals surface area contributed by atoms with Crippen LogP contribution in [0.2, 0.25) is 0 Å². The van der Waals surface area contributed by atoms with Gasteiger partial charge in [-0.05, 0) is 36.8 Å². The van der Waals surface area contributed by atoms with Crippen molar-refractivity contribution in [3.8, 4) is 0 Å². The molecule has 0 bridgehead atoms. The predicted molar refractivity (Wildman–Crippen MR) is 79.7 cm³/mol. The molecule has 1 aromatic rings. The molecule has 0 aliphatic heterocycles. The molecule has 0 aromatic heterocycles. The molecule has 20 heavy (non-hydrogen) atoms. The van der Waals surface area contributed by atoms with E-state index in [9.17, 15) is 8.42 Å². The molecular weight excluding hydrogens is 270 g/mol. The Morgan fingerprint density at radius 1 is 1.00 bits per heavy atom. The molecule has 0 amide bonds. The summed E-state index contributed by atoms with van der Waals surface area (Å²) in [4.78, 5) is 0.345. The summed E-state index contributed by atoms with van der Waals surface area (Å²) in [5.41, 5.74) is 0. The minimum Gasteiger partial charge on any atom is -0.207 e. The highest BCUT2D eigenvalue weighted by Crippen LogP contribution is 2.35. The van der Waals surface area contributed by atoms with Gasteiger partial charge >= 0.3 is 0 Å². The Kier molecular flexibility index (Phi) is 3.76. The molecule has 0 saturated heterocycles. The first-order valence-corrected chi connectivity index (χ1v) is 8.57. The van der Waals surface area contributed by atoms with Crippen LogP contribution in [0.3, 0.4) is 0 Å². The van der Waals surface area contributed by atoms with E-state index in [-0.39, 0.29) is 12.0 Å². The lowest BCUT2D eigenvalue weighted by Gasteiger charge is -2.36. The Balaban J connectivity index is 1.80. The summed E-state index contributed by atoms with van der Waals surface area (Å²) in [6.07, 6.45) is 11.6. The molecule has 2 aliphatic carbocycles. The van der Waals surface area contributed by atoms with Crippen LogP contribution < -0.4 is 4.72 Å². The second kappa shape index (κ2) is 5.54. The maximum absolute atomic E-state index is 12.4. The lowest BCUT2D eigenvalue weighted by atomic mass is 9.74. The molecule has 0 unspecified atom stereocenters. The number of fused-ring (bicyclic) bond motifs is 1. The Labute approximate surface area is 120 Å². The van der Waals surface area contributed by atoms with Crippen molar-refractivity contribution in [3.05, 3.63) is 54.6 Å². The van der Waals surface area contributed by atoms with Crippen molar-refractivity contribution in [2.24, 2.45) is 11.8 Å². The minimum atomic E-state index is -3.42. The van der Waals surface area contributed by atoms with Gasteiger partial charge in [0.15, 0.2) is 0 Å². The minimum absolute atomic E-state index is 0.000145. The second-order valence-electron chi connectivity index (χ2n) is 5.48. The van der Waals surface area contributed by atoms with Crippen LogP contribution in [-0.2, 0) is 10.0 Å². The van der Waals surface area contributed by atoms with Crippen LogP contribution in [0.25, 0.3) is 0 Å². The highest BCUT2D eigenvalue weighted by atomic mass is 32.2. The second-order valence-corrected chi connectivity index (χ2v) is 7.20. The number of nitrogens with one attached hydrogen (secondary N) is 1. The van der Waals surface area contributed by atoms with Gasteiger partial charge in [-0.2, -0.15) is 0 Å². The highest BCUT2D eigenvalue weighted by molar-refractivity contribution is 7.89. The van der Waals surface area contributed by atoms with Gasteiger partial charge in [-0.3, -0.25) is 0 Å². The van der Waals surface area contributed by atoms with E-state index in [0.717, 1.165) is 19.3 Å². The van der Waals surface area contributed by atoms with E-state index in [1.165, 1.54) is 0 Å². The zero-order valence-corrected chi connectivity index (χ0v) is 12.1. The molecule has 3 nitrogen and oxygen atoms in total. The van der Waals surface area contributed by atoms with Crippen LogP contribution in [0.5, 0.6) is 0 Å². The van der Waals surface area contributed by atoms with Crippen molar-refractivity contribution < 1.29 is 8.42 Å². The lowest BCUT2D eigenvalue weighted by Crippen LogP contribution is -2.44. The fraction of sp³-hybridized carbons (Fsp3) is 0.375. The smallest absolute Gasteiger partial charge is 0.207 e. The van der Waals surface area contributed by atoms with Gasteiger partial charge in [0.25, 0.3) is 0 Å². The molecule has 3 rings (SSSR count). The standard InChI is InChI=1S/C16H19NO2S/c18-20(19,14-9-2-1-3-10-14)17-16-12-6-8-13-7-4-5-11-15(13)16/h1-5,7,9-11,13,15-17H,6,8,12H2/t13-,15+,16-/m1/s1. The Morgan fingerprint density at radius 2 is 1.75 bits per heavy atom. The van der Waals surface area contributed by atoms with Crippen LogP contribution in [-0.4, -0.2) is 14.5 Å². The van der Waals surface area contributed by atoms with Gasteiger partial charge in [-0.25, -0.2) is 13.1 Å². The summed E-state index contributed by atoms with van der Waals surface area (Å²) in [5.74, 6) is 0.754. The number of hydrogen-bond acceptors (Lipinski definition) is 2. The quantitative estimate of drug-likeness (QED) is 0.930. The van der Waals surface area contributed by atoms with Crippen molar-refractivity contribution in [1.29, 1.82) is 0 Å². The van der Waals surface area contributed by atoms with E-state index < -0.39 is 10.0 Å². The SMILES string of the molecule is O=S(=O)(N[C@@H]1CCC[C@H]2C=CC=C[C@@H]21)c1ccccc1. The summed E-state index contributed by atoms with van der Waals surface area (Å²) < 4.78 is 27.7. The maximum Gasteiger partial charge on any atom is 0.240 e. The van der Waals surface area contributed by atoms with Crippen LogP contribution in [0.1, 0.15) is 19.3 Å². The van der Waals surface area contributed by atoms with Crippen LogP contribution in [0, 0.1) is 11.8 Å². The summed E-state index contributed by atoms with van der Waals surface area (Å²) >= 11 is 0. The topological polar surface area (TPSA) is 46.2 Å². The van der Waals surface area contributed by atoms with Crippen molar-refractivity contribution in [3.63, 3.8) is 0 Å². The van der Waals surface area contributed by atoms with Crippen LogP contribution in [0.4, 0.5) is 0 Å². The molecule has 0 spiro atoms. The first-order valence-electron chi connectivity index (χ1n) is 7.09. The normalized spacial score (nSPS) is 29.1. The molecule has 4 heteroatoms. The molecule has 1 fully saturated rings. The highest BCUT2D eigenvalue weighted by Gasteiger charge is 2.33. The average Bonchev–Trinajstić information content (AvgIpc) is 2.48. The Morgan fingerprint density at radius 3 is 2.55 bits per heavy atom. The van der Waals surface area contributed by atoms with Crippen LogP contribution in [0.15, 0.2) is 59.5 Å². The third-order valence-corrected chi connectivity index (χ3v) is 5.68. The predicted octanol–water partition coefficient (Wildman–Crippen LogP) is 2.88. The molecular formula is C16H19NO2S. The molecule has 0 radical (unpaired) electrons. The molecule has 1 aromatic carbocycles. The van der Waals surface area contributed by atoms with Gasteiger partial charge in [-0.1, -0.05) is 48.9 Å². The van der Waals surface area contributed by atoms with E-state index in [4.69, 9.17) is 0 Å². The van der Waals surface area contributed by atoms with Gasteiger partial charge in [0.2, 0.25) is 10.0 Å². The van der Waals surface area contributed by atoms with Crippen molar-refractivity contribution in [2.75, 3.05) is 0 Å². The van der Waals surface area contributed by atoms with E-state index in [1.807, 2.05) is 12.1 Å². The first-order chi connectivity index (χ1) is 9.67. The van der Waals surface area contributed by atoms with Gasteiger partial charge in [0, 0.05) is 6.04 Å². The summed E-state index contributed by atoms with van der Waals surface area (Å²) in [5, 5.41) is 0. The fourth-order valence-corrected chi connectivity index (χ4v) is 4.49. The van der Waals surface area contributed by atoms with Crippen molar-refractivity contribution >= 4 is 10.0 Å². The molecule has 1 saturated carbocycles. The summed E-state index contributed by atoms with van der Waals surface area (Å²) in [6.45, 7) is 0. The van der Waals surface area contributed by atoms with Gasteiger partial charge in [0.05, 0.1) is 4.90 Å². The van der Waals surface area contributed by atoms with Crippen molar-refractivity contribution in [1.82, 2.24) is 4.72 Å².